The van der Waals surface area contributed by atoms with E-state index in [0.29, 0.717) is 22.6 Å². The number of carbonyl (C=O) groups excluding carboxylic acids is 2. The number of amides is 2. The Morgan fingerprint density at radius 2 is 2.10 bits per heavy atom. The quantitative estimate of drug-likeness (QED) is 0.680. The van der Waals surface area contributed by atoms with Gasteiger partial charge < -0.3 is 15.7 Å². The van der Waals surface area contributed by atoms with E-state index >= 15 is 0 Å². The number of nitriles is 1. The van der Waals surface area contributed by atoms with E-state index in [4.69, 9.17) is 11.6 Å². The number of nitrogens with one attached hydrogen (secondary N) is 2. The zero-order valence-electron chi connectivity index (χ0n) is 17.0. The number of rotatable bonds is 5. The Hall–Kier alpha value is -3.11. The molecule has 3 N–H and O–H groups in total. The summed E-state index contributed by atoms with van der Waals surface area (Å²) in [5.41, 5.74) is -0.0715. The summed E-state index contributed by atoms with van der Waals surface area (Å²) in [6.45, 7) is 5.87. The Labute approximate surface area is 180 Å². The van der Waals surface area contributed by atoms with Crippen LogP contribution in [0, 0.1) is 11.3 Å². The summed E-state index contributed by atoms with van der Waals surface area (Å²) < 4.78 is 0. The third-order valence-electron chi connectivity index (χ3n) is 5.05. The lowest BCUT2D eigenvalue weighted by atomic mass is 9.85. The molecule has 0 aliphatic heterocycles. The molecule has 1 aliphatic rings. The minimum absolute atomic E-state index is 0.0526. The number of hydrogen-bond donors (Lipinski definition) is 3. The van der Waals surface area contributed by atoms with Gasteiger partial charge in [-0.15, -0.1) is 0 Å². The van der Waals surface area contributed by atoms with Gasteiger partial charge in [-0.3, -0.25) is 14.6 Å². The predicted octanol–water partition coefficient (Wildman–Crippen LogP) is 2.86. The molecule has 0 bridgehead atoms. The molecule has 0 spiro atoms. The van der Waals surface area contributed by atoms with Crippen molar-refractivity contribution in [2.75, 3.05) is 0 Å². The highest BCUT2D eigenvalue weighted by Gasteiger charge is 2.57. The van der Waals surface area contributed by atoms with Crippen molar-refractivity contribution < 1.29 is 14.7 Å². The third-order valence-corrected chi connectivity index (χ3v) is 5.41. The maximum absolute atomic E-state index is 12.5. The zero-order valence-corrected chi connectivity index (χ0v) is 17.7. The molecule has 7 nitrogen and oxygen atoms in total. The minimum Gasteiger partial charge on any atom is -0.508 e. The number of benzene rings is 1. The molecular formula is C22H23ClN4O3. The Bertz CT molecular complexity index is 1030. The predicted molar refractivity (Wildman–Crippen MR) is 112 cm³/mol. The average molecular weight is 427 g/mol. The van der Waals surface area contributed by atoms with E-state index in [1.165, 1.54) is 12.3 Å². The van der Waals surface area contributed by atoms with E-state index in [2.05, 4.69) is 21.7 Å². The number of nitrogens with zero attached hydrogens (tertiary/aromatic N) is 2. The third kappa shape index (κ3) is 4.55. The molecule has 0 saturated heterocycles. The van der Waals surface area contributed by atoms with E-state index in [1.807, 2.05) is 20.8 Å². The standard InChI is InChI=1S/C22H23ClN4O3/c1-21(2,3)14-10-15(23)13(8-17(14)28)9-19(29)26-18-11-22(18,12-24)27-20(30)16-6-4-5-7-25-16/h4-8,10,18,28H,9,11H2,1-3H3,(H,26,29)(H,27,30). The number of halogens is 1. The van der Waals surface area contributed by atoms with Crippen LogP contribution in [0.5, 0.6) is 5.75 Å². The highest BCUT2D eigenvalue weighted by Crippen LogP contribution is 2.37. The van der Waals surface area contributed by atoms with Crippen molar-refractivity contribution in [2.24, 2.45) is 0 Å². The molecule has 2 atom stereocenters. The fraction of sp³-hybridized carbons (Fsp3) is 0.364. The maximum atomic E-state index is 12.5. The number of phenols is 1. The second-order valence-electron chi connectivity index (χ2n) is 8.46. The first-order chi connectivity index (χ1) is 14.1. The van der Waals surface area contributed by atoms with Crippen molar-refractivity contribution in [1.82, 2.24) is 15.6 Å². The SMILES string of the molecule is CC(C)(C)c1cc(Cl)c(CC(=O)NC2CC2(C#N)NC(=O)c2ccccn2)cc1O. The monoisotopic (exact) mass is 426 g/mol. The molecule has 1 fully saturated rings. The van der Waals surface area contributed by atoms with Crippen LogP contribution in [0.1, 0.15) is 48.8 Å². The van der Waals surface area contributed by atoms with Crippen molar-refractivity contribution in [1.29, 1.82) is 5.26 Å². The number of aromatic nitrogens is 1. The van der Waals surface area contributed by atoms with Gasteiger partial charge in [0.15, 0.2) is 0 Å². The van der Waals surface area contributed by atoms with Crippen LogP contribution in [0.25, 0.3) is 0 Å². The molecule has 156 valence electrons. The Morgan fingerprint density at radius 3 is 2.70 bits per heavy atom. The van der Waals surface area contributed by atoms with Gasteiger partial charge in [0.25, 0.3) is 5.91 Å². The van der Waals surface area contributed by atoms with Crippen LogP contribution in [0.4, 0.5) is 0 Å². The van der Waals surface area contributed by atoms with E-state index in [9.17, 15) is 20.0 Å². The summed E-state index contributed by atoms with van der Waals surface area (Å²) in [5.74, 6) is -0.747. The maximum Gasteiger partial charge on any atom is 0.271 e. The number of aromatic hydroxyl groups is 1. The average Bonchev–Trinajstić information content (AvgIpc) is 3.36. The largest absolute Gasteiger partial charge is 0.508 e. The van der Waals surface area contributed by atoms with Crippen molar-refractivity contribution >= 4 is 23.4 Å². The van der Waals surface area contributed by atoms with Crippen LogP contribution in [-0.2, 0) is 16.6 Å². The van der Waals surface area contributed by atoms with Crippen molar-refractivity contribution in [2.45, 2.75) is 50.6 Å². The molecule has 2 amide bonds. The van der Waals surface area contributed by atoms with E-state index in [0.717, 1.165) is 0 Å². The normalized spacial score (nSPS) is 20.2. The Morgan fingerprint density at radius 1 is 1.37 bits per heavy atom. The minimum atomic E-state index is -1.16. The number of pyridine rings is 1. The molecular weight excluding hydrogens is 404 g/mol. The summed E-state index contributed by atoms with van der Waals surface area (Å²) in [4.78, 5) is 28.7. The van der Waals surface area contributed by atoms with Crippen LogP contribution in [0.3, 0.4) is 0 Å². The van der Waals surface area contributed by atoms with Gasteiger partial charge in [0.2, 0.25) is 5.91 Å². The van der Waals surface area contributed by atoms with Crippen LogP contribution in [-0.4, -0.2) is 33.5 Å². The van der Waals surface area contributed by atoms with E-state index in [-0.39, 0.29) is 29.2 Å². The summed E-state index contributed by atoms with van der Waals surface area (Å²) in [5, 5.41) is 25.6. The first kappa shape index (κ1) is 21.6. The fourth-order valence-electron chi connectivity index (χ4n) is 3.25. The highest BCUT2D eigenvalue weighted by atomic mass is 35.5. The molecule has 30 heavy (non-hydrogen) atoms. The second kappa shape index (κ2) is 7.96. The molecule has 2 aromatic rings. The van der Waals surface area contributed by atoms with E-state index in [1.54, 1.807) is 24.3 Å². The zero-order chi connectivity index (χ0) is 22.1. The molecule has 8 heteroatoms. The molecule has 1 aliphatic carbocycles. The molecule has 2 unspecified atom stereocenters. The van der Waals surface area contributed by atoms with Gasteiger partial charge in [0.05, 0.1) is 18.5 Å². The van der Waals surface area contributed by atoms with Gasteiger partial charge in [-0.2, -0.15) is 5.26 Å². The van der Waals surface area contributed by atoms with Crippen molar-refractivity contribution in [3.8, 4) is 11.8 Å². The first-order valence-corrected chi connectivity index (χ1v) is 9.89. The summed E-state index contributed by atoms with van der Waals surface area (Å²) >= 11 is 6.32. The Balaban J connectivity index is 1.64. The fourth-order valence-corrected chi connectivity index (χ4v) is 3.48. The second-order valence-corrected chi connectivity index (χ2v) is 8.87. The lowest BCUT2D eigenvalue weighted by Gasteiger charge is -2.21. The van der Waals surface area contributed by atoms with Crippen LogP contribution in [0.15, 0.2) is 36.5 Å². The van der Waals surface area contributed by atoms with Gasteiger partial charge in [0.1, 0.15) is 17.0 Å². The van der Waals surface area contributed by atoms with Gasteiger partial charge in [-0.25, -0.2) is 0 Å². The van der Waals surface area contributed by atoms with Crippen LogP contribution >= 0.6 is 11.6 Å². The smallest absolute Gasteiger partial charge is 0.271 e. The topological polar surface area (TPSA) is 115 Å². The van der Waals surface area contributed by atoms with Crippen LogP contribution < -0.4 is 10.6 Å². The molecule has 1 heterocycles. The van der Waals surface area contributed by atoms with Gasteiger partial charge in [-0.1, -0.05) is 38.4 Å². The summed E-state index contributed by atoms with van der Waals surface area (Å²) in [6.07, 6.45) is 1.74. The molecule has 1 aromatic carbocycles. The molecule has 0 radical (unpaired) electrons. The van der Waals surface area contributed by atoms with Crippen molar-refractivity contribution in [3.05, 3.63) is 58.4 Å². The van der Waals surface area contributed by atoms with Crippen LogP contribution in [0.2, 0.25) is 5.02 Å². The first-order valence-electron chi connectivity index (χ1n) is 9.52. The van der Waals surface area contributed by atoms with E-state index < -0.39 is 17.5 Å². The summed E-state index contributed by atoms with van der Waals surface area (Å²) in [6, 6.07) is 9.65. The molecule has 1 aromatic heterocycles. The molecule has 1 saturated carbocycles. The van der Waals surface area contributed by atoms with Gasteiger partial charge in [0, 0.05) is 23.2 Å². The molecule has 3 rings (SSSR count). The highest BCUT2D eigenvalue weighted by molar-refractivity contribution is 6.31. The van der Waals surface area contributed by atoms with Gasteiger partial charge >= 0.3 is 0 Å². The Kier molecular flexibility index (Phi) is 5.73. The van der Waals surface area contributed by atoms with Gasteiger partial charge in [-0.05, 0) is 35.2 Å². The number of hydrogen-bond acceptors (Lipinski definition) is 5. The lowest BCUT2D eigenvalue weighted by molar-refractivity contribution is -0.120. The van der Waals surface area contributed by atoms with Crippen molar-refractivity contribution in [3.63, 3.8) is 0 Å². The number of carbonyl (C=O) groups is 2. The summed E-state index contributed by atoms with van der Waals surface area (Å²) in [7, 11) is 0. The lowest BCUT2D eigenvalue weighted by Crippen LogP contribution is -2.43. The number of phenolic OH excluding ortho intramolecular Hbond substituents is 1.